The van der Waals surface area contributed by atoms with Crippen LogP contribution in [0.15, 0.2) is 24.3 Å². The molecule has 0 unspecified atom stereocenters. The van der Waals surface area contributed by atoms with Crippen LogP contribution in [-0.2, 0) is 11.2 Å². The lowest BCUT2D eigenvalue weighted by molar-refractivity contribution is -0.118. The van der Waals surface area contributed by atoms with E-state index in [9.17, 15) is 4.79 Å². The molecule has 0 radical (unpaired) electrons. The van der Waals surface area contributed by atoms with Crippen molar-refractivity contribution >= 4 is 5.78 Å². The minimum atomic E-state index is 0.131. The van der Waals surface area contributed by atoms with Crippen molar-refractivity contribution in [2.45, 2.75) is 19.3 Å². The highest BCUT2D eigenvalue weighted by atomic mass is 16.1. The Bertz CT molecular complexity index is 301. The topological polar surface area (TPSA) is 17.1 Å². The highest BCUT2D eigenvalue weighted by molar-refractivity contribution is 5.92. The van der Waals surface area contributed by atoms with Gasteiger partial charge in [-0.25, -0.2) is 0 Å². The van der Waals surface area contributed by atoms with Crippen LogP contribution in [-0.4, -0.2) is 5.78 Å². The standard InChI is InChI=1S/C10H10O/c1-7-9-5-3-2-4-8(9)6-10(7)11/h2-5,7H,6H2,1H3/t7-/m1/s1. The van der Waals surface area contributed by atoms with Crippen LogP contribution >= 0.6 is 0 Å². The molecule has 0 amide bonds. The van der Waals surface area contributed by atoms with E-state index in [1.807, 2.05) is 31.2 Å². The van der Waals surface area contributed by atoms with Crippen molar-refractivity contribution in [2.75, 3.05) is 0 Å². The van der Waals surface area contributed by atoms with Gasteiger partial charge in [0.2, 0.25) is 0 Å². The summed E-state index contributed by atoms with van der Waals surface area (Å²) in [7, 11) is 0. The molecule has 0 N–H and O–H groups in total. The van der Waals surface area contributed by atoms with Crippen LogP contribution in [0.4, 0.5) is 0 Å². The van der Waals surface area contributed by atoms with E-state index >= 15 is 0 Å². The van der Waals surface area contributed by atoms with Crippen molar-refractivity contribution in [3.8, 4) is 0 Å². The molecule has 1 atom stereocenters. The monoisotopic (exact) mass is 146 g/mol. The number of rotatable bonds is 0. The third kappa shape index (κ3) is 0.881. The summed E-state index contributed by atoms with van der Waals surface area (Å²) in [5, 5.41) is 0. The minimum Gasteiger partial charge on any atom is -0.299 e. The van der Waals surface area contributed by atoms with E-state index in [0.717, 1.165) is 0 Å². The summed E-state index contributed by atoms with van der Waals surface area (Å²) in [6.45, 7) is 1.98. The van der Waals surface area contributed by atoms with E-state index in [4.69, 9.17) is 0 Å². The number of hydrogen-bond acceptors (Lipinski definition) is 1. The summed E-state index contributed by atoms with van der Waals surface area (Å²) in [5.41, 5.74) is 2.43. The maximum absolute atomic E-state index is 11.2. The van der Waals surface area contributed by atoms with Gasteiger partial charge >= 0.3 is 0 Å². The molecule has 0 heterocycles. The van der Waals surface area contributed by atoms with Crippen molar-refractivity contribution in [1.82, 2.24) is 0 Å². The second-order valence-electron chi connectivity index (χ2n) is 3.06. The van der Waals surface area contributed by atoms with Crippen LogP contribution in [0.5, 0.6) is 0 Å². The molecule has 0 saturated heterocycles. The lowest BCUT2D eigenvalue weighted by Crippen LogP contribution is -2.00. The first-order valence-corrected chi connectivity index (χ1v) is 3.89. The van der Waals surface area contributed by atoms with Crippen LogP contribution in [0.25, 0.3) is 0 Å². The fourth-order valence-electron chi connectivity index (χ4n) is 1.63. The highest BCUT2D eigenvalue weighted by Crippen LogP contribution is 2.28. The van der Waals surface area contributed by atoms with Gasteiger partial charge in [-0.1, -0.05) is 31.2 Å². The first-order valence-electron chi connectivity index (χ1n) is 3.89. The molecular weight excluding hydrogens is 136 g/mol. The molecule has 0 bridgehead atoms. The molecule has 1 aromatic carbocycles. The number of carbonyl (C=O) groups excluding carboxylic acids is 1. The van der Waals surface area contributed by atoms with Gasteiger partial charge in [0.05, 0.1) is 0 Å². The molecule has 0 saturated carbocycles. The van der Waals surface area contributed by atoms with Gasteiger partial charge in [-0.3, -0.25) is 4.79 Å². The van der Waals surface area contributed by atoms with Gasteiger partial charge in [0.1, 0.15) is 5.78 Å². The SMILES string of the molecule is C[C@H]1C(=O)Cc2ccccc21. The Morgan fingerprint density at radius 1 is 1.36 bits per heavy atom. The summed E-state index contributed by atoms with van der Waals surface area (Å²) < 4.78 is 0. The molecule has 0 spiro atoms. The number of ketones is 1. The quantitative estimate of drug-likeness (QED) is 0.546. The largest absolute Gasteiger partial charge is 0.299 e. The zero-order valence-electron chi connectivity index (χ0n) is 6.50. The van der Waals surface area contributed by atoms with E-state index in [2.05, 4.69) is 0 Å². The van der Waals surface area contributed by atoms with Crippen molar-refractivity contribution in [3.05, 3.63) is 35.4 Å². The Hall–Kier alpha value is -1.11. The van der Waals surface area contributed by atoms with E-state index in [1.165, 1.54) is 11.1 Å². The second-order valence-corrected chi connectivity index (χ2v) is 3.06. The molecular formula is C10H10O. The smallest absolute Gasteiger partial charge is 0.144 e. The van der Waals surface area contributed by atoms with Crippen molar-refractivity contribution in [1.29, 1.82) is 0 Å². The lowest BCUT2D eigenvalue weighted by Gasteiger charge is -2.00. The zero-order valence-corrected chi connectivity index (χ0v) is 6.50. The van der Waals surface area contributed by atoms with Crippen LogP contribution in [0.2, 0.25) is 0 Å². The number of fused-ring (bicyclic) bond motifs is 1. The van der Waals surface area contributed by atoms with Crippen molar-refractivity contribution < 1.29 is 4.79 Å². The first-order chi connectivity index (χ1) is 5.29. The zero-order chi connectivity index (χ0) is 7.84. The predicted molar refractivity (Wildman–Crippen MR) is 43.6 cm³/mol. The molecule has 56 valence electrons. The lowest BCUT2D eigenvalue weighted by atomic mass is 10.0. The molecule has 1 aromatic rings. The molecule has 0 aromatic heterocycles. The van der Waals surface area contributed by atoms with Gasteiger partial charge in [-0.15, -0.1) is 0 Å². The number of hydrogen-bond donors (Lipinski definition) is 0. The fraction of sp³-hybridized carbons (Fsp3) is 0.300. The van der Waals surface area contributed by atoms with E-state index < -0.39 is 0 Å². The minimum absolute atomic E-state index is 0.131. The number of benzene rings is 1. The van der Waals surface area contributed by atoms with E-state index in [-0.39, 0.29) is 5.92 Å². The Balaban J connectivity index is 2.55. The highest BCUT2D eigenvalue weighted by Gasteiger charge is 2.25. The molecule has 0 fully saturated rings. The molecule has 2 rings (SSSR count). The van der Waals surface area contributed by atoms with Crippen LogP contribution in [0.1, 0.15) is 24.0 Å². The van der Waals surface area contributed by atoms with Gasteiger partial charge in [0.25, 0.3) is 0 Å². The predicted octanol–water partition coefficient (Wildman–Crippen LogP) is 1.92. The second kappa shape index (κ2) is 2.19. The van der Waals surface area contributed by atoms with E-state index in [1.54, 1.807) is 0 Å². The van der Waals surface area contributed by atoms with Crippen LogP contribution < -0.4 is 0 Å². The van der Waals surface area contributed by atoms with Gasteiger partial charge in [0.15, 0.2) is 0 Å². The number of carbonyl (C=O) groups is 1. The van der Waals surface area contributed by atoms with E-state index in [0.29, 0.717) is 12.2 Å². The maximum Gasteiger partial charge on any atom is 0.144 e. The van der Waals surface area contributed by atoms with Gasteiger partial charge in [-0.05, 0) is 11.1 Å². The summed E-state index contributed by atoms with van der Waals surface area (Å²) in [5.74, 6) is 0.484. The summed E-state index contributed by atoms with van der Waals surface area (Å²) in [6, 6.07) is 8.07. The van der Waals surface area contributed by atoms with Crippen molar-refractivity contribution in [3.63, 3.8) is 0 Å². The molecule has 1 nitrogen and oxygen atoms in total. The number of Topliss-reactive ketones (excluding diaryl/α,β-unsaturated/α-hetero) is 1. The Kier molecular flexibility index (Phi) is 1.31. The fourth-order valence-corrected chi connectivity index (χ4v) is 1.63. The average Bonchev–Trinajstić information content (AvgIpc) is 2.30. The third-order valence-electron chi connectivity index (χ3n) is 2.37. The van der Waals surface area contributed by atoms with Gasteiger partial charge in [-0.2, -0.15) is 0 Å². The summed E-state index contributed by atoms with van der Waals surface area (Å²) in [4.78, 5) is 11.2. The molecule has 1 aliphatic carbocycles. The third-order valence-corrected chi connectivity index (χ3v) is 2.37. The Morgan fingerprint density at radius 3 is 2.82 bits per heavy atom. The Morgan fingerprint density at radius 2 is 2.09 bits per heavy atom. The molecule has 11 heavy (non-hydrogen) atoms. The average molecular weight is 146 g/mol. The van der Waals surface area contributed by atoms with Gasteiger partial charge in [0, 0.05) is 12.3 Å². The summed E-state index contributed by atoms with van der Waals surface area (Å²) in [6.07, 6.45) is 0.636. The van der Waals surface area contributed by atoms with Crippen LogP contribution in [0, 0.1) is 0 Å². The summed E-state index contributed by atoms with van der Waals surface area (Å²) >= 11 is 0. The normalized spacial score (nSPS) is 21.9. The molecule has 1 heteroatoms. The maximum atomic E-state index is 11.2. The Labute approximate surface area is 66.0 Å². The molecule has 1 aliphatic rings. The first kappa shape index (κ1) is 6.59. The van der Waals surface area contributed by atoms with Crippen molar-refractivity contribution in [2.24, 2.45) is 0 Å². The molecule has 0 aliphatic heterocycles. The van der Waals surface area contributed by atoms with Gasteiger partial charge < -0.3 is 0 Å². The van der Waals surface area contributed by atoms with Crippen LogP contribution in [0.3, 0.4) is 0 Å².